The summed E-state index contributed by atoms with van der Waals surface area (Å²) in [5.74, 6) is 1.32. The number of hydrogen-bond acceptors (Lipinski definition) is 4. The van der Waals surface area contributed by atoms with Gasteiger partial charge in [-0.05, 0) is 41.8 Å². The maximum absolute atomic E-state index is 11.9. The Morgan fingerprint density at radius 3 is 2.62 bits per heavy atom. The van der Waals surface area contributed by atoms with E-state index in [-0.39, 0.29) is 6.03 Å². The maximum Gasteiger partial charge on any atom is 0.320 e. The Hall–Kier alpha value is -3.06. The lowest BCUT2D eigenvalue weighted by Gasteiger charge is -2.06. The molecule has 0 saturated carbocycles. The number of hydrogen-bond donors (Lipinski definition) is 3. The van der Waals surface area contributed by atoms with E-state index in [1.807, 2.05) is 42.5 Å². The highest BCUT2D eigenvalue weighted by atomic mass is 16.5. The molecular formula is C19H22N4O3. The number of carbonyl (C=O) groups is 1. The van der Waals surface area contributed by atoms with E-state index in [1.165, 1.54) is 0 Å². The van der Waals surface area contributed by atoms with Crippen LogP contribution in [0.25, 0.3) is 22.0 Å². The molecule has 7 nitrogen and oxygen atoms in total. The minimum atomic E-state index is -0.284. The summed E-state index contributed by atoms with van der Waals surface area (Å²) in [7, 11) is 3.28. The second-order valence-corrected chi connectivity index (χ2v) is 5.79. The Kier molecular flexibility index (Phi) is 5.70. The van der Waals surface area contributed by atoms with Crippen LogP contribution in [0.3, 0.4) is 0 Å². The van der Waals surface area contributed by atoms with Gasteiger partial charge in [-0.2, -0.15) is 5.10 Å². The van der Waals surface area contributed by atoms with Crippen LogP contribution in [0.15, 0.2) is 42.5 Å². The van der Waals surface area contributed by atoms with Crippen molar-refractivity contribution in [2.45, 2.75) is 6.42 Å². The normalized spacial score (nSPS) is 10.7. The van der Waals surface area contributed by atoms with E-state index in [4.69, 9.17) is 9.47 Å². The number of fused-ring (bicyclic) bond motifs is 1. The van der Waals surface area contributed by atoms with E-state index in [0.29, 0.717) is 19.0 Å². The zero-order valence-corrected chi connectivity index (χ0v) is 14.8. The third-order valence-corrected chi connectivity index (χ3v) is 4.03. The Morgan fingerprint density at radius 2 is 1.88 bits per heavy atom. The van der Waals surface area contributed by atoms with Crippen LogP contribution in [0, 0.1) is 0 Å². The predicted molar refractivity (Wildman–Crippen MR) is 102 cm³/mol. The van der Waals surface area contributed by atoms with Crippen LogP contribution in [-0.4, -0.2) is 43.6 Å². The van der Waals surface area contributed by atoms with Gasteiger partial charge >= 0.3 is 6.03 Å². The van der Waals surface area contributed by atoms with Crippen molar-refractivity contribution in [3.05, 3.63) is 42.5 Å². The molecule has 0 unspecified atom stereocenters. The van der Waals surface area contributed by atoms with Crippen molar-refractivity contribution >= 4 is 22.8 Å². The van der Waals surface area contributed by atoms with Crippen molar-refractivity contribution in [1.29, 1.82) is 0 Å². The Balaban J connectivity index is 1.71. The summed E-state index contributed by atoms with van der Waals surface area (Å²) in [4.78, 5) is 11.9. The van der Waals surface area contributed by atoms with Crippen LogP contribution >= 0.6 is 0 Å². The molecule has 26 heavy (non-hydrogen) atoms. The maximum atomic E-state index is 11.9. The van der Waals surface area contributed by atoms with Gasteiger partial charge in [0.25, 0.3) is 0 Å². The minimum Gasteiger partial charge on any atom is -0.497 e. The van der Waals surface area contributed by atoms with Crippen molar-refractivity contribution in [3.8, 4) is 16.9 Å². The van der Waals surface area contributed by atoms with Crippen LogP contribution < -0.4 is 15.4 Å². The minimum absolute atomic E-state index is 0.284. The van der Waals surface area contributed by atoms with Crippen LogP contribution in [-0.2, 0) is 4.74 Å². The van der Waals surface area contributed by atoms with Gasteiger partial charge in [-0.3, -0.25) is 10.4 Å². The van der Waals surface area contributed by atoms with Gasteiger partial charge in [-0.1, -0.05) is 18.2 Å². The molecule has 1 heterocycles. The second kappa shape index (κ2) is 8.35. The number of benzene rings is 2. The average Bonchev–Trinajstić information content (AvgIpc) is 3.07. The molecule has 0 spiro atoms. The van der Waals surface area contributed by atoms with E-state index in [1.54, 1.807) is 14.2 Å². The number of carbonyl (C=O) groups excluding carboxylic acids is 1. The largest absolute Gasteiger partial charge is 0.497 e. The van der Waals surface area contributed by atoms with Gasteiger partial charge in [0.2, 0.25) is 0 Å². The molecular weight excluding hydrogens is 332 g/mol. The third-order valence-electron chi connectivity index (χ3n) is 4.03. The zero-order chi connectivity index (χ0) is 18.4. The van der Waals surface area contributed by atoms with Gasteiger partial charge in [-0.15, -0.1) is 0 Å². The van der Waals surface area contributed by atoms with Crippen LogP contribution in [0.5, 0.6) is 5.75 Å². The van der Waals surface area contributed by atoms with Gasteiger partial charge in [0, 0.05) is 25.6 Å². The van der Waals surface area contributed by atoms with Crippen molar-refractivity contribution in [2.24, 2.45) is 0 Å². The number of amides is 2. The van der Waals surface area contributed by atoms with Gasteiger partial charge in [0.15, 0.2) is 5.82 Å². The molecule has 0 aliphatic carbocycles. The molecule has 3 rings (SSSR count). The van der Waals surface area contributed by atoms with Crippen LogP contribution in [0.1, 0.15) is 6.42 Å². The molecule has 2 amide bonds. The van der Waals surface area contributed by atoms with E-state index in [0.717, 1.165) is 34.2 Å². The van der Waals surface area contributed by atoms with Crippen LogP contribution in [0.4, 0.5) is 10.6 Å². The third kappa shape index (κ3) is 4.12. The molecule has 7 heteroatoms. The first-order valence-electron chi connectivity index (χ1n) is 8.37. The number of ether oxygens (including phenoxy) is 2. The van der Waals surface area contributed by atoms with Crippen LogP contribution in [0.2, 0.25) is 0 Å². The fourth-order valence-corrected chi connectivity index (χ4v) is 2.65. The van der Waals surface area contributed by atoms with Crippen molar-refractivity contribution < 1.29 is 14.3 Å². The summed E-state index contributed by atoms with van der Waals surface area (Å²) < 4.78 is 10.1. The molecule has 3 N–H and O–H groups in total. The molecule has 0 atom stereocenters. The van der Waals surface area contributed by atoms with Gasteiger partial charge < -0.3 is 14.8 Å². The van der Waals surface area contributed by atoms with E-state index < -0.39 is 0 Å². The molecule has 0 radical (unpaired) electrons. The first-order valence-corrected chi connectivity index (χ1v) is 8.37. The number of H-pyrrole nitrogens is 1. The summed E-state index contributed by atoms with van der Waals surface area (Å²) in [6, 6.07) is 13.5. The van der Waals surface area contributed by atoms with Crippen molar-refractivity contribution in [2.75, 3.05) is 32.7 Å². The standard InChI is InChI=1S/C19H22N4O3/c1-25-11-3-10-20-19(24)21-18-16-9-6-14(12-17(16)22-23-18)13-4-7-15(26-2)8-5-13/h4-9,12H,3,10-11H2,1-2H3,(H3,20,21,22,23,24). The van der Waals surface area contributed by atoms with E-state index in [2.05, 4.69) is 20.8 Å². The summed E-state index contributed by atoms with van der Waals surface area (Å²) in [6.07, 6.45) is 0.760. The monoisotopic (exact) mass is 354 g/mol. The number of nitrogens with one attached hydrogen (secondary N) is 3. The highest BCUT2D eigenvalue weighted by Crippen LogP contribution is 2.28. The molecule has 0 fully saturated rings. The Labute approximate surface area is 151 Å². The highest BCUT2D eigenvalue weighted by Gasteiger charge is 2.10. The summed E-state index contributed by atoms with van der Waals surface area (Å²) in [5, 5.41) is 13.6. The lowest BCUT2D eigenvalue weighted by molar-refractivity contribution is 0.194. The molecule has 0 aliphatic heterocycles. The molecule has 1 aromatic heterocycles. The average molecular weight is 354 g/mol. The smallest absolute Gasteiger partial charge is 0.320 e. The fraction of sp³-hybridized carbons (Fsp3) is 0.263. The van der Waals surface area contributed by atoms with Crippen molar-refractivity contribution in [3.63, 3.8) is 0 Å². The topological polar surface area (TPSA) is 88.3 Å². The van der Waals surface area contributed by atoms with E-state index in [9.17, 15) is 4.79 Å². The molecule has 0 bridgehead atoms. The highest BCUT2D eigenvalue weighted by molar-refractivity contribution is 6.00. The molecule has 2 aromatic carbocycles. The predicted octanol–water partition coefficient (Wildman–Crippen LogP) is 3.40. The van der Waals surface area contributed by atoms with E-state index >= 15 is 0 Å². The Morgan fingerprint density at radius 1 is 1.12 bits per heavy atom. The Bertz CT molecular complexity index is 874. The molecule has 0 aliphatic rings. The number of nitrogens with zero attached hydrogens (tertiary/aromatic N) is 1. The fourth-order valence-electron chi connectivity index (χ4n) is 2.65. The number of rotatable bonds is 7. The van der Waals surface area contributed by atoms with Gasteiger partial charge in [-0.25, -0.2) is 4.79 Å². The zero-order valence-electron chi connectivity index (χ0n) is 14.8. The number of aromatic nitrogens is 2. The first-order chi connectivity index (χ1) is 12.7. The number of urea groups is 1. The lowest BCUT2D eigenvalue weighted by atomic mass is 10.0. The molecule has 136 valence electrons. The second-order valence-electron chi connectivity index (χ2n) is 5.79. The molecule has 3 aromatic rings. The molecule has 0 saturated heterocycles. The number of aromatic amines is 1. The summed E-state index contributed by atoms with van der Waals surface area (Å²) >= 11 is 0. The number of methoxy groups -OCH3 is 2. The number of anilines is 1. The van der Waals surface area contributed by atoms with Crippen molar-refractivity contribution in [1.82, 2.24) is 15.5 Å². The quantitative estimate of drug-likeness (QED) is 0.568. The van der Waals surface area contributed by atoms with Gasteiger partial charge in [0.05, 0.1) is 12.6 Å². The first kappa shape index (κ1) is 17.8. The lowest BCUT2D eigenvalue weighted by Crippen LogP contribution is -2.30. The SMILES string of the molecule is COCCCNC(=O)Nc1n[nH]c2cc(-c3ccc(OC)cc3)ccc12. The summed E-state index contributed by atoms with van der Waals surface area (Å²) in [5.41, 5.74) is 2.99. The van der Waals surface area contributed by atoms with Gasteiger partial charge in [0.1, 0.15) is 5.75 Å². The summed E-state index contributed by atoms with van der Waals surface area (Å²) in [6.45, 7) is 1.16.